The lowest BCUT2D eigenvalue weighted by Gasteiger charge is -2.62. The van der Waals surface area contributed by atoms with E-state index >= 15 is 0 Å². The van der Waals surface area contributed by atoms with Crippen molar-refractivity contribution in [3.8, 4) is 22.6 Å². The molecule has 1 saturated heterocycles. The van der Waals surface area contributed by atoms with Gasteiger partial charge in [0.05, 0.1) is 39.0 Å². The molecule has 2 aromatic rings. The van der Waals surface area contributed by atoms with Crippen molar-refractivity contribution in [3.05, 3.63) is 47.5 Å². The van der Waals surface area contributed by atoms with E-state index in [0.29, 0.717) is 47.3 Å². The van der Waals surface area contributed by atoms with Gasteiger partial charge in [-0.15, -0.1) is 0 Å². The van der Waals surface area contributed by atoms with Crippen molar-refractivity contribution in [2.75, 3.05) is 41.5 Å². The first-order valence-corrected chi connectivity index (χ1v) is 18.9. The molecule has 0 aromatic heterocycles. The standard InChI is InChI=1S/C41H62N4O7/c1-23(2)16-29(21-44(7)8)42-39(48)31-17-26(14-15-34(31)50-9)30-13-11-12-27(38(30)51-10)20-45-37(36(25(4)47)35(22-46)52-45)40(49)43-33-19-28-18-32(24(33)3)41(28,5)6/h11-15,17,23-25,28-29,32-33,35-37,46-47H,16,18-22H2,1-10H3,(H,42,48)(H,43,49)/t24-,25-,28+,29-,32-,33?,35-,36-,37-/m0/s1. The fourth-order valence-electron chi connectivity index (χ4n) is 9.33. The number of benzene rings is 2. The summed E-state index contributed by atoms with van der Waals surface area (Å²) in [5, 5.41) is 29.4. The number of nitrogens with zero attached hydrogens (tertiary/aromatic N) is 2. The number of methoxy groups -OCH3 is 2. The van der Waals surface area contributed by atoms with Gasteiger partial charge >= 0.3 is 0 Å². The summed E-state index contributed by atoms with van der Waals surface area (Å²) in [6.45, 7) is 13.4. The Morgan fingerprint density at radius 1 is 1.10 bits per heavy atom. The summed E-state index contributed by atoms with van der Waals surface area (Å²) in [7, 11) is 7.14. The number of para-hydroxylation sites is 1. The van der Waals surface area contributed by atoms with E-state index in [4.69, 9.17) is 14.3 Å². The first-order chi connectivity index (χ1) is 24.6. The van der Waals surface area contributed by atoms with E-state index in [0.717, 1.165) is 29.5 Å². The smallest absolute Gasteiger partial charge is 0.255 e. The summed E-state index contributed by atoms with van der Waals surface area (Å²) in [6, 6.07) is 10.4. The number of nitrogens with one attached hydrogen (secondary N) is 2. The largest absolute Gasteiger partial charge is 0.496 e. The van der Waals surface area contributed by atoms with E-state index in [1.165, 1.54) is 6.42 Å². The van der Waals surface area contributed by atoms with Gasteiger partial charge in [0.2, 0.25) is 5.91 Å². The zero-order valence-electron chi connectivity index (χ0n) is 32.8. The Bertz CT molecular complexity index is 1550. The Kier molecular flexibility index (Phi) is 12.6. The summed E-state index contributed by atoms with van der Waals surface area (Å²) < 4.78 is 11.7. The number of ether oxygens (including phenoxy) is 2. The molecule has 288 valence electrons. The number of hydrogen-bond donors (Lipinski definition) is 4. The fourth-order valence-corrected chi connectivity index (χ4v) is 9.33. The zero-order valence-corrected chi connectivity index (χ0v) is 32.8. The number of aliphatic hydroxyl groups excluding tert-OH is 2. The van der Waals surface area contributed by atoms with Crippen LogP contribution in [0.4, 0.5) is 0 Å². The molecule has 1 unspecified atom stereocenters. The van der Waals surface area contributed by atoms with Crippen LogP contribution < -0.4 is 20.1 Å². The molecule has 52 heavy (non-hydrogen) atoms. The average molecular weight is 723 g/mol. The van der Waals surface area contributed by atoms with Gasteiger partial charge in [0.1, 0.15) is 23.6 Å². The normalized spacial score (nSPS) is 27.9. The summed E-state index contributed by atoms with van der Waals surface area (Å²) >= 11 is 0. The minimum absolute atomic E-state index is 0.0357. The highest BCUT2D eigenvalue weighted by molar-refractivity contribution is 5.98. The van der Waals surface area contributed by atoms with Gasteiger partial charge in [-0.3, -0.25) is 14.4 Å². The molecule has 9 atom stereocenters. The molecule has 0 radical (unpaired) electrons. The number of aliphatic hydroxyl groups is 2. The molecule has 2 amide bonds. The summed E-state index contributed by atoms with van der Waals surface area (Å²) in [4.78, 5) is 36.3. The molecule has 11 heteroatoms. The second-order valence-corrected chi connectivity index (χ2v) is 16.7. The summed E-state index contributed by atoms with van der Waals surface area (Å²) in [5.74, 6) is 1.85. The predicted octanol–water partition coefficient (Wildman–Crippen LogP) is 4.74. The van der Waals surface area contributed by atoms with Crippen molar-refractivity contribution in [1.29, 1.82) is 0 Å². The van der Waals surface area contributed by atoms with E-state index in [1.807, 2.05) is 44.4 Å². The minimum atomic E-state index is -0.899. The highest BCUT2D eigenvalue weighted by Gasteiger charge is 2.57. The molecule has 3 aliphatic carbocycles. The Balaban J connectivity index is 1.42. The molecule has 4 aliphatic rings. The third kappa shape index (κ3) is 8.14. The van der Waals surface area contributed by atoms with Crippen molar-refractivity contribution >= 4 is 11.8 Å². The molecular formula is C41H62N4O7. The van der Waals surface area contributed by atoms with Gasteiger partial charge in [0, 0.05) is 35.7 Å². The van der Waals surface area contributed by atoms with Crippen LogP contribution in [-0.4, -0.2) is 104 Å². The van der Waals surface area contributed by atoms with Crippen molar-refractivity contribution in [3.63, 3.8) is 0 Å². The molecule has 4 N–H and O–H groups in total. The monoisotopic (exact) mass is 722 g/mol. The van der Waals surface area contributed by atoms with E-state index in [9.17, 15) is 19.8 Å². The first-order valence-electron chi connectivity index (χ1n) is 18.9. The Morgan fingerprint density at radius 2 is 1.83 bits per heavy atom. The van der Waals surface area contributed by atoms with E-state index in [1.54, 1.807) is 32.3 Å². The van der Waals surface area contributed by atoms with Crippen LogP contribution in [0, 0.1) is 35.0 Å². The van der Waals surface area contributed by atoms with Crippen molar-refractivity contribution in [1.82, 2.24) is 20.6 Å². The Morgan fingerprint density at radius 3 is 2.40 bits per heavy atom. The van der Waals surface area contributed by atoms with Gasteiger partial charge in [-0.2, -0.15) is 5.06 Å². The summed E-state index contributed by atoms with van der Waals surface area (Å²) in [5.41, 5.74) is 2.97. The van der Waals surface area contributed by atoms with Gasteiger partial charge < -0.3 is 35.2 Å². The first kappa shape index (κ1) is 40.0. The van der Waals surface area contributed by atoms with Crippen LogP contribution in [-0.2, 0) is 16.2 Å². The molecule has 11 nitrogen and oxygen atoms in total. The fraction of sp³-hybridized carbons (Fsp3) is 0.659. The second-order valence-electron chi connectivity index (χ2n) is 16.7. The van der Waals surface area contributed by atoms with Crippen molar-refractivity contribution in [2.24, 2.45) is 35.0 Å². The highest BCUT2D eigenvalue weighted by atomic mass is 16.7. The van der Waals surface area contributed by atoms with Crippen LogP contribution in [0.15, 0.2) is 36.4 Å². The zero-order chi connectivity index (χ0) is 38.1. The van der Waals surface area contributed by atoms with Crippen LogP contribution in [0.3, 0.4) is 0 Å². The van der Waals surface area contributed by atoms with Crippen molar-refractivity contribution < 1.29 is 34.1 Å². The average Bonchev–Trinajstić information content (AvgIpc) is 3.46. The van der Waals surface area contributed by atoms with E-state index < -0.39 is 24.2 Å². The van der Waals surface area contributed by atoms with Crippen molar-refractivity contribution in [2.45, 2.75) is 97.7 Å². The molecule has 0 spiro atoms. The molecular weight excluding hydrogens is 660 g/mol. The lowest BCUT2D eigenvalue weighted by atomic mass is 9.45. The molecule has 3 saturated carbocycles. The lowest BCUT2D eigenvalue weighted by molar-refractivity contribution is -0.183. The number of likely N-dealkylation sites (N-methyl/N-ethyl adjacent to an activating group) is 1. The second kappa shape index (κ2) is 16.4. The molecule has 4 fully saturated rings. The number of rotatable bonds is 15. The van der Waals surface area contributed by atoms with E-state index in [-0.39, 0.29) is 42.5 Å². The third-order valence-electron chi connectivity index (χ3n) is 12.1. The maximum absolute atomic E-state index is 14.2. The molecule has 1 heterocycles. The van der Waals surface area contributed by atoms with Crippen LogP contribution in [0.25, 0.3) is 11.1 Å². The Hall–Kier alpha value is -3.22. The van der Waals surface area contributed by atoms with Gasteiger partial charge in [0.15, 0.2) is 0 Å². The molecule has 1 aliphatic heterocycles. The van der Waals surface area contributed by atoms with E-state index in [2.05, 4.69) is 50.2 Å². The van der Waals surface area contributed by atoms with Gasteiger partial charge in [0.25, 0.3) is 5.91 Å². The van der Waals surface area contributed by atoms with Gasteiger partial charge in [-0.05, 0) is 87.1 Å². The SMILES string of the molecule is COc1ccc(-c2cccc(CN3O[C@@H](CO)[C@H]([C@H](C)O)[C@H]3C(=O)NC3C[C@H]4C[C@@H]([C@@H]3C)C4(C)C)c2OC)cc1C(=O)N[C@@H](CC(C)C)CN(C)C. The van der Waals surface area contributed by atoms with Crippen LogP contribution in [0.2, 0.25) is 0 Å². The number of hydrogen-bond acceptors (Lipinski definition) is 9. The topological polar surface area (TPSA) is 133 Å². The van der Waals surface area contributed by atoms with Crippen LogP contribution in [0.1, 0.15) is 76.7 Å². The van der Waals surface area contributed by atoms with Gasteiger partial charge in [-0.1, -0.05) is 58.9 Å². The molecule has 2 aromatic carbocycles. The molecule has 2 bridgehead atoms. The Labute approximate surface area is 310 Å². The highest BCUT2D eigenvalue weighted by Crippen LogP contribution is 2.61. The summed E-state index contributed by atoms with van der Waals surface area (Å²) in [6.07, 6.45) is 1.32. The maximum atomic E-state index is 14.2. The number of amides is 2. The third-order valence-corrected chi connectivity index (χ3v) is 12.1. The van der Waals surface area contributed by atoms with Crippen LogP contribution >= 0.6 is 0 Å². The number of carbonyl (C=O) groups excluding carboxylic acids is 2. The maximum Gasteiger partial charge on any atom is 0.255 e. The van der Waals surface area contributed by atoms with Gasteiger partial charge in [-0.25, -0.2) is 0 Å². The number of carbonyl (C=O) groups is 2. The lowest BCUT2D eigenvalue weighted by Crippen LogP contribution is -2.62. The predicted molar refractivity (Wildman–Crippen MR) is 202 cm³/mol. The quantitative estimate of drug-likeness (QED) is 0.206. The minimum Gasteiger partial charge on any atom is -0.496 e. The number of fused-ring (bicyclic) bond motifs is 2. The van der Waals surface area contributed by atoms with Crippen LogP contribution in [0.5, 0.6) is 11.5 Å². The number of hydroxylamine groups is 2. The molecule has 6 rings (SSSR count).